The molecule has 7 heteroatoms. The molecule has 3 aromatic rings. The zero-order valence-corrected chi connectivity index (χ0v) is 16.6. The largest absolute Gasteiger partial charge is 0.530 e. The molecule has 0 amide bonds. The van der Waals surface area contributed by atoms with Crippen LogP contribution in [0.1, 0.15) is 16.7 Å². The number of benzene rings is 3. The SMILES string of the molecule is Cc1c(O)cccc1OP(Oc1cccc(O)c1C)Oc1cccc(O)c1C. The highest BCUT2D eigenvalue weighted by atomic mass is 31.2. The van der Waals surface area contributed by atoms with E-state index in [2.05, 4.69) is 0 Å². The van der Waals surface area contributed by atoms with Crippen molar-refractivity contribution < 1.29 is 28.9 Å². The van der Waals surface area contributed by atoms with Crippen molar-refractivity contribution in [3.63, 3.8) is 0 Å². The molecule has 0 unspecified atom stereocenters. The molecule has 0 heterocycles. The van der Waals surface area contributed by atoms with Crippen LogP contribution in [0.15, 0.2) is 54.6 Å². The lowest BCUT2D eigenvalue weighted by molar-refractivity contribution is 0.379. The van der Waals surface area contributed by atoms with E-state index < -0.39 is 8.60 Å². The lowest BCUT2D eigenvalue weighted by Gasteiger charge is -2.21. The maximum Gasteiger partial charge on any atom is 0.530 e. The second-order valence-corrected chi connectivity index (χ2v) is 7.19. The molecule has 3 aromatic carbocycles. The van der Waals surface area contributed by atoms with Gasteiger partial charge in [0, 0.05) is 16.7 Å². The Bertz CT molecular complexity index is 861. The van der Waals surface area contributed by atoms with Gasteiger partial charge in [0.25, 0.3) is 0 Å². The highest BCUT2D eigenvalue weighted by Crippen LogP contribution is 2.46. The van der Waals surface area contributed by atoms with Crippen molar-refractivity contribution in [2.75, 3.05) is 0 Å². The van der Waals surface area contributed by atoms with Crippen LogP contribution in [0.4, 0.5) is 0 Å². The van der Waals surface area contributed by atoms with Crippen molar-refractivity contribution in [1.29, 1.82) is 0 Å². The molecule has 146 valence electrons. The molecular weight excluding hydrogens is 379 g/mol. The minimum Gasteiger partial charge on any atom is -0.508 e. The molecule has 0 radical (unpaired) electrons. The van der Waals surface area contributed by atoms with Crippen molar-refractivity contribution in [1.82, 2.24) is 0 Å². The summed E-state index contributed by atoms with van der Waals surface area (Å²) < 4.78 is 17.8. The van der Waals surface area contributed by atoms with E-state index in [1.54, 1.807) is 75.4 Å². The van der Waals surface area contributed by atoms with Crippen LogP contribution in [0.25, 0.3) is 0 Å². The first-order chi connectivity index (χ1) is 13.4. The average Bonchev–Trinajstić information content (AvgIpc) is 2.66. The minimum absolute atomic E-state index is 0.0922. The topological polar surface area (TPSA) is 88.4 Å². The van der Waals surface area contributed by atoms with E-state index in [0.29, 0.717) is 33.9 Å². The van der Waals surface area contributed by atoms with Gasteiger partial charge >= 0.3 is 8.60 Å². The van der Waals surface area contributed by atoms with Gasteiger partial charge in [-0.2, -0.15) is 0 Å². The van der Waals surface area contributed by atoms with Crippen LogP contribution in [0.2, 0.25) is 0 Å². The number of rotatable bonds is 6. The fourth-order valence-corrected chi connectivity index (χ4v) is 3.59. The van der Waals surface area contributed by atoms with E-state index in [1.165, 1.54) is 0 Å². The Morgan fingerprint density at radius 3 is 1.11 bits per heavy atom. The summed E-state index contributed by atoms with van der Waals surface area (Å²) in [4.78, 5) is 0. The Kier molecular flexibility index (Phi) is 5.81. The predicted octanol–water partition coefficient (Wildman–Crippen LogP) is 5.49. The maximum atomic E-state index is 9.93. The highest BCUT2D eigenvalue weighted by Gasteiger charge is 2.24. The molecule has 0 aliphatic carbocycles. The van der Waals surface area contributed by atoms with Gasteiger partial charge in [0.05, 0.1) is 0 Å². The predicted molar refractivity (Wildman–Crippen MR) is 107 cm³/mol. The van der Waals surface area contributed by atoms with Crippen LogP contribution in [-0.2, 0) is 0 Å². The van der Waals surface area contributed by atoms with E-state index in [9.17, 15) is 15.3 Å². The Labute approximate surface area is 164 Å². The highest BCUT2D eigenvalue weighted by molar-refractivity contribution is 7.43. The summed E-state index contributed by atoms with van der Waals surface area (Å²) in [6.45, 7) is 5.16. The van der Waals surface area contributed by atoms with Gasteiger partial charge < -0.3 is 28.9 Å². The van der Waals surface area contributed by atoms with Crippen LogP contribution < -0.4 is 13.6 Å². The standard InChI is InChI=1S/C21H21O6P/c1-13-16(22)7-4-10-19(13)25-28(26-20-11-5-8-17(23)14(20)2)27-21-12-6-9-18(24)15(21)3/h4-12,22-24H,1-3H3. The van der Waals surface area contributed by atoms with Crippen LogP contribution in [-0.4, -0.2) is 15.3 Å². The third-order valence-electron chi connectivity index (χ3n) is 4.29. The van der Waals surface area contributed by atoms with Gasteiger partial charge in [0.2, 0.25) is 0 Å². The Morgan fingerprint density at radius 1 is 0.536 bits per heavy atom. The van der Waals surface area contributed by atoms with Crippen LogP contribution in [0.5, 0.6) is 34.5 Å². The molecule has 28 heavy (non-hydrogen) atoms. The van der Waals surface area contributed by atoms with Gasteiger partial charge in [0.15, 0.2) is 0 Å². The van der Waals surface area contributed by atoms with Gasteiger partial charge in [0.1, 0.15) is 34.5 Å². The quantitative estimate of drug-likeness (QED) is 0.474. The number of hydrogen-bond donors (Lipinski definition) is 3. The van der Waals surface area contributed by atoms with Gasteiger partial charge in [-0.1, -0.05) is 18.2 Å². The zero-order valence-electron chi connectivity index (χ0n) is 15.7. The van der Waals surface area contributed by atoms with Crippen molar-refractivity contribution in [2.24, 2.45) is 0 Å². The summed E-state index contributed by atoms with van der Waals surface area (Å²) in [5.41, 5.74) is 1.63. The zero-order chi connectivity index (χ0) is 20.3. The smallest absolute Gasteiger partial charge is 0.508 e. The molecule has 0 saturated carbocycles. The summed E-state index contributed by atoms with van der Waals surface area (Å²) in [6.07, 6.45) is 0. The van der Waals surface area contributed by atoms with E-state index >= 15 is 0 Å². The van der Waals surface area contributed by atoms with Crippen LogP contribution in [0, 0.1) is 20.8 Å². The molecule has 6 nitrogen and oxygen atoms in total. The summed E-state index contributed by atoms with van der Waals surface area (Å²) in [6, 6.07) is 14.7. The molecule has 0 aromatic heterocycles. The second kappa shape index (κ2) is 8.28. The molecule has 3 N–H and O–H groups in total. The molecule has 0 fully saturated rings. The minimum atomic E-state index is -2.01. The normalized spacial score (nSPS) is 10.7. The summed E-state index contributed by atoms with van der Waals surface area (Å²) in [7, 11) is -2.01. The van der Waals surface area contributed by atoms with Crippen LogP contribution >= 0.6 is 8.60 Å². The first-order valence-corrected chi connectivity index (χ1v) is 9.66. The van der Waals surface area contributed by atoms with E-state index in [0.717, 1.165) is 0 Å². The average molecular weight is 400 g/mol. The molecule has 3 rings (SSSR count). The van der Waals surface area contributed by atoms with E-state index in [4.69, 9.17) is 13.6 Å². The second-order valence-electron chi connectivity index (χ2n) is 6.20. The van der Waals surface area contributed by atoms with Gasteiger partial charge in [-0.05, 0) is 57.2 Å². The number of phenolic OH excluding ortho intramolecular Hbond substituents is 3. The number of aromatic hydroxyl groups is 3. The molecule has 0 spiro atoms. The summed E-state index contributed by atoms with van der Waals surface area (Å²) >= 11 is 0. The van der Waals surface area contributed by atoms with Gasteiger partial charge in [-0.15, -0.1) is 0 Å². The van der Waals surface area contributed by atoms with E-state index in [1.807, 2.05) is 0 Å². The van der Waals surface area contributed by atoms with Crippen molar-refractivity contribution in [2.45, 2.75) is 20.8 Å². The van der Waals surface area contributed by atoms with Crippen LogP contribution in [0.3, 0.4) is 0 Å². The number of hydrogen-bond acceptors (Lipinski definition) is 6. The molecule has 0 aliphatic heterocycles. The Morgan fingerprint density at radius 2 is 0.821 bits per heavy atom. The Balaban J connectivity index is 1.94. The lowest BCUT2D eigenvalue weighted by Crippen LogP contribution is -2.04. The molecule has 0 saturated heterocycles. The molecular formula is C21H21O6P. The fourth-order valence-electron chi connectivity index (χ4n) is 2.40. The first kappa shape index (κ1) is 19.6. The third kappa shape index (κ3) is 4.24. The van der Waals surface area contributed by atoms with Crippen molar-refractivity contribution in [3.8, 4) is 34.5 Å². The molecule has 0 aliphatic rings. The summed E-state index contributed by atoms with van der Waals surface area (Å²) in [5, 5.41) is 29.8. The molecule has 0 bridgehead atoms. The van der Waals surface area contributed by atoms with Crippen molar-refractivity contribution >= 4 is 8.60 Å². The third-order valence-corrected chi connectivity index (χ3v) is 5.32. The first-order valence-electron chi connectivity index (χ1n) is 8.56. The Hall–Kier alpha value is -3.11. The van der Waals surface area contributed by atoms with Gasteiger partial charge in [-0.3, -0.25) is 0 Å². The maximum absolute atomic E-state index is 9.93. The number of phenols is 3. The van der Waals surface area contributed by atoms with Gasteiger partial charge in [-0.25, -0.2) is 0 Å². The monoisotopic (exact) mass is 400 g/mol. The van der Waals surface area contributed by atoms with E-state index in [-0.39, 0.29) is 17.2 Å². The lowest BCUT2D eigenvalue weighted by atomic mass is 10.2. The molecule has 0 atom stereocenters. The van der Waals surface area contributed by atoms with Crippen molar-refractivity contribution in [3.05, 3.63) is 71.3 Å². The summed E-state index contributed by atoms with van der Waals surface area (Å²) in [5.74, 6) is 1.49. The fraction of sp³-hybridized carbons (Fsp3) is 0.143.